The van der Waals surface area contributed by atoms with Crippen molar-refractivity contribution < 1.29 is 22.4 Å². The molecule has 164 valence electrons. The summed E-state index contributed by atoms with van der Waals surface area (Å²) >= 11 is 0. The second-order valence-electron chi connectivity index (χ2n) is 7.79. The van der Waals surface area contributed by atoms with Crippen molar-refractivity contribution in [1.82, 2.24) is 9.21 Å². The number of benzene rings is 1. The van der Waals surface area contributed by atoms with E-state index in [1.807, 2.05) is 40.7 Å². The van der Waals surface area contributed by atoms with E-state index in [1.165, 1.54) is 10.6 Å². The largest absolute Gasteiger partial charge is 0.493 e. The van der Waals surface area contributed by atoms with Gasteiger partial charge in [-0.1, -0.05) is 0 Å². The molecule has 0 unspecified atom stereocenters. The first-order chi connectivity index (χ1) is 14.0. The zero-order valence-electron chi connectivity index (χ0n) is 18.5. The molecule has 0 atom stereocenters. The molecule has 0 bridgehead atoms. The minimum atomic E-state index is -3.23. The molecular weight excluding hydrogens is 404 g/mol. The number of piperazine rings is 1. The summed E-state index contributed by atoms with van der Waals surface area (Å²) in [6, 6.07) is 2.03. The van der Waals surface area contributed by atoms with E-state index in [2.05, 4.69) is 0 Å². The fourth-order valence-corrected chi connectivity index (χ4v) is 4.66. The molecular formula is C22H30N2O5S. The molecule has 1 aromatic heterocycles. The molecule has 1 aliphatic heterocycles. The quantitative estimate of drug-likeness (QED) is 0.675. The predicted molar refractivity (Wildman–Crippen MR) is 118 cm³/mol. The number of amides is 1. The third-order valence-corrected chi connectivity index (χ3v) is 7.02. The van der Waals surface area contributed by atoms with E-state index in [9.17, 15) is 13.2 Å². The number of furan rings is 1. The Labute approximate surface area is 178 Å². The molecule has 8 heteroatoms. The van der Waals surface area contributed by atoms with Gasteiger partial charge in [0.1, 0.15) is 17.1 Å². The topological polar surface area (TPSA) is 80.1 Å². The first-order valence-electron chi connectivity index (χ1n) is 10.1. The third-order valence-electron chi connectivity index (χ3n) is 5.72. The summed E-state index contributed by atoms with van der Waals surface area (Å²) in [5.41, 5.74) is 4.48. The number of aryl methyl sites for hydroxylation is 3. The van der Waals surface area contributed by atoms with Crippen molar-refractivity contribution in [2.45, 2.75) is 34.6 Å². The molecule has 0 saturated carbocycles. The summed E-state index contributed by atoms with van der Waals surface area (Å²) in [5.74, 6) is 1.47. The maximum absolute atomic E-state index is 12.8. The Kier molecular flexibility index (Phi) is 6.29. The van der Waals surface area contributed by atoms with Gasteiger partial charge in [-0.2, -0.15) is 4.31 Å². The van der Waals surface area contributed by atoms with E-state index in [0.29, 0.717) is 32.8 Å². The van der Waals surface area contributed by atoms with Crippen LogP contribution < -0.4 is 4.74 Å². The van der Waals surface area contributed by atoms with E-state index in [0.717, 1.165) is 44.7 Å². The second kappa shape index (κ2) is 8.43. The minimum Gasteiger partial charge on any atom is -0.493 e. The molecule has 1 amide bonds. The average Bonchev–Trinajstić information content (AvgIpc) is 2.98. The molecule has 1 saturated heterocycles. The Balaban J connectivity index is 1.92. The summed E-state index contributed by atoms with van der Waals surface area (Å²) in [6.07, 6.45) is 2.81. The summed E-state index contributed by atoms with van der Waals surface area (Å²) < 4.78 is 36.6. The van der Waals surface area contributed by atoms with Gasteiger partial charge in [-0.15, -0.1) is 0 Å². The van der Waals surface area contributed by atoms with Crippen LogP contribution in [0, 0.1) is 20.8 Å². The molecule has 30 heavy (non-hydrogen) atoms. The lowest BCUT2D eigenvalue weighted by Gasteiger charge is -2.32. The van der Waals surface area contributed by atoms with E-state index in [-0.39, 0.29) is 5.91 Å². The van der Waals surface area contributed by atoms with Crippen LogP contribution in [0.5, 0.6) is 5.75 Å². The summed E-state index contributed by atoms with van der Waals surface area (Å²) in [7, 11) is -3.23. The number of sulfonamides is 1. The van der Waals surface area contributed by atoms with E-state index in [4.69, 9.17) is 9.15 Å². The SMILES string of the molecule is CCOc1c(/C(C)=C/C(=O)N2CCN(S(C)(=O)=O)CC2)cc2c(C)c(C)oc2c1C. The van der Waals surface area contributed by atoms with Crippen LogP contribution in [0.4, 0.5) is 0 Å². The van der Waals surface area contributed by atoms with Crippen molar-refractivity contribution in [3.8, 4) is 5.75 Å². The Morgan fingerprint density at radius 1 is 1.17 bits per heavy atom. The Hall–Kier alpha value is -2.32. The first-order valence-corrected chi connectivity index (χ1v) is 12.0. The Bertz CT molecular complexity index is 1110. The molecule has 7 nitrogen and oxygen atoms in total. The van der Waals surface area contributed by atoms with Crippen LogP contribution >= 0.6 is 0 Å². The first kappa shape index (κ1) is 22.4. The van der Waals surface area contributed by atoms with Gasteiger partial charge in [0.2, 0.25) is 15.9 Å². The van der Waals surface area contributed by atoms with Crippen LogP contribution in [0.15, 0.2) is 16.6 Å². The summed E-state index contributed by atoms with van der Waals surface area (Å²) in [4.78, 5) is 14.5. The molecule has 2 heterocycles. The number of carbonyl (C=O) groups is 1. The van der Waals surface area contributed by atoms with Gasteiger partial charge in [0.05, 0.1) is 12.9 Å². The van der Waals surface area contributed by atoms with Gasteiger partial charge in [-0.05, 0) is 51.8 Å². The molecule has 0 N–H and O–H groups in total. The van der Waals surface area contributed by atoms with E-state index >= 15 is 0 Å². The highest BCUT2D eigenvalue weighted by molar-refractivity contribution is 7.88. The van der Waals surface area contributed by atoms with Gasteiger partial charge in [0.15, 0.2) is 0 Å². The molecule has 3 rings (SSSR count). The summed E-state index contributed by atoms with van der Waals surface area (Å²) in [5, 5.41) is 1.02. The standard InChI is InChI=1S/C22H30N2O5S/c1-7-28-21-16(4)22-19(15(3)17(5)29-22)13-18(21)14(2)12-20(25)23-8-10-24(11-9-23)30(6,26)27/h12-13H,7-11H2,1-6H3/b14-12+. The Morgan fingerprint density at radius 3 is 2.37 bits per heavy atom. The lowest BCUT2D eigenvalue weighted by atomic mass is 9.98. The second-order valence-corrected chi connectivity index (χ2v) is 9.77. The normalized spacial score (nSPS) is 16.3. The van der Waals surface area contributed by atoms with Gasteiger partial charge in [0, 0.05) is 48.8 Å². The van der Waals surface area contributed by atoms with Gasteiger partial charge >= 0.3 is 0 Å². The zero-order valence-corrected chi connectivity index (χ0v) is 19.4. The van der Waals surface area contributed by atoms with Gasteiger partial charge in [-0.3, -0.25) is 4.79 Å². The van der Waals surface area contributed by atoms with E-state index < -0.39 is 10.0 Å². The lowest BCUT2D eigenvalue weighted by molar-refractivity contribution is -0.127. The number of ether oxygens (including phenoxy) is 1. The lowest BCUT2D eigenvalue weighted by Crippen LogP contribution is -2.49. The van der Waals surface area contributed by atoms with Crippen LogP contribution in [0.1, 0.15) is 36.3 Å². The molecule has 1 aliphatic rings. The number of hydrogen-bond donors (Lipinski definition) is 0. The minimum absolute atomic E-state index is 0.124. The van der Waals surface area contributed by atoms with Crippen LogP contribution in [0.3, 0.4) is 0 Å². The fourth-order valence-electron chi connectivity index (χ4n) is 3.83. The van der Waals surface area contributed by atoms with Crippen LogP contribution in [0.25, 0.3) is 16.5 Å². The number of rotatable bonds is 5. The average molecular weight is 435 g/mol. The fraction of sp³-hybridized carbons (Fsp3) is 0.500. The van der Waals surface area contributed by atoms with Crippen molar-refractivity contribution >= 4 is 32.5 Å². The molecule has 1 aromatic carbocycles. The number of fused-ring (bicyclic) bond motifs is 1. The highest BCUT2D eigenvalue weighted by Crippen LogP contribution is 2.38. The van der Waals surface area contributed by atoms with Crippen molar-refractivity contribution in [3.05, 3.63) is 34.6 Å². The van der Waals surface area contributed by atoms with Crippen LogP contribution in [0.2, 0.25) is 0 Å². The number of hydrogen-bond acceptors (Lipinski definition) is 5. The molecule has 0 radical (unpaired) electrons. The highest BCUT2D eigenvalue weighted by Gasteiger charge is 2.26. The highest BCUT2D eigenvalue weighted by atomic mass is 32.2. The van der Waals surface area contributed by atoms with Gasteiger partial charge in [-0.25, -0.2) is 8.42 Å². The van der Waals surface area contributed by atoms with Crippen molar-refractivity contribution in [1.29, 1.82) is 0 Å². The van der Waals surface area contributed by atoms with Crippen LogP contribution in [-0.4, -0.2) is 62.6 Å². The molecule has 2 aromatic rings. The zero-order chi connectivity index (χ0) is 22.2. The third kappa shape index (κ3) is 4.25. The maximum Gasteiger partial charge on any atom is 0.246 e. The van der Waals surface area contributed by atoms with Crippen molar-refractivity contribution in [2.24, 2.45) is 0 Å². The van der Waals surface area contributed by atoms with Gasteiger partial charge < -0.3 is 14.1 Å². The van der Waals surface area contributed by atoms with E-state index in [1.54, 1.807) is 11.0 Å². The predicted octanol–water partition coefficient (Wildman–Crippen LogP) is 3.26. The molecule has 0 spiro atoms. The number of allylic oxidation sites excluding steroid dienone is 1. The van der Waals surface area contributed by atoms with Crippen molar-refractivity contribution in [3.63, 3.8) is 0 Å². The van der Waals surface area contributed by atoms with Crippen LogP contribution in [-0.2, 0) is 14.8 Å². The monoisotopic (exact) mass is 434 g/mol. The Morgan fingerprint density at radius 2 is 1.80 bits per heavy atom. The number of nitrogens with zero attached hydrogens (tertiary/aromatic N) is 2. The molecule has 1 fully saturated rings. The smallest absolute Gasteiger partial charge is 0.246 e. The van der Waals surface area contributed by atoms with Gasteiger partial charge in [0.25, 0.3) is 0 Å². The molecule has 0 aliphatic carbocycles. The summed E-state index contributed by atoms with van der Waals surface area (Å²) in [6.45, 7) is 11.7. The number of carbonyl (C=O) groups excluding carboxylic acids is 1. The maximum atomic E-state index is 12.8. The van der Waals surface area contributed by atoms with Crippen molar-refractivity contribution in [2.75, 3.05) is 39.0 Å².